The number of nitrogens with one attached hydrogen (secondary N) is 1. The molecule has 1 aromatic heterocycles. The van der Waals surface area contributed by atoms with Crippen LogP contribution in [0.1, 0.15) is 21.6 Å². The van der Waals surface area contributed by atoms with Crippen molar-refractivity contribution in [2.45, 2.75) is 13.8 Å². The van der Waals surface area contributed by atoms with Crippen LogP contribution in [0.5, 0.6) is 0 Å². The minimum Gasteiger partial charge on any atom is -0.378 e. The first-order valence-electron chi connectivity index (χ1n) is 7.81. The van der Waals surface area contributed by atoms with Crippen LogP contribution >= 0.6 is 0 Å². The summed E-state index contributed by atoms with van der Waals surface area (Å²) in [5, 5.41) is 3.40. The van der Waals surface area contributed by atoms with Crippen molar-refractivity contribution in [2.24, 2.45) is 0 Å². The van der Waals surface area contributed by atoms with E-state index in [1.54, 1.807) is 11.1 Å². The van der Waals surface area contributed by atoms with Gasteiger partial charge in [0.2, 0.25) is 0 Å². The van der Waals surface area contributed by atoms with E-state index in [1.807, 2.05) is 18.2 Å². The molecule has 23 heavy (non-hydrogen) atoms. The molecule has 0 bridgehead atoms. The molecular weight excluding hydrogens is 290 g/mol. The molecule has 0 saturated carbocycles. The first kappa shape index (κ1) is 15.5. The number of benzene rings is 1. The highest BCUT2D eigenvalue weighted by Crippen LogP contribution is 2.24. The van der Waals surface area contributed by atoms with E-state index in [0.29, 0.717) is 32.0 Å². The van der Waals surface area contributed by atoms with E-state index in [2.05, 4.69) is 36.3 Å². The monoisotopic (exact) mass is 311 g/mol. The molecule has 5 heteroatoms. The van der Waals surface area contributed by atoms with Gasteiger partial charge in [-0.2, -0.15) is 0 Å². The van der Waals surface area contributed by atoms with Gasteiger partial charge >= 0.3 is 0 Å². The van der Waals surface area contributed by atoms with Crippen LogP contribution < -0.4 is 5.32 Å². The molecule has 0 radical (unpaired) electrons. The number of para-hydroxylation sites is 1. The Morgan fingerprint density at radius 1 is 1.17 bits per heavy atom. The lowest BCUT2D eigenvalue weighted by Crippen LogP contribution is -2.41. The number of anilines is 2. The second-order valence-electron chi connectivity index (χ2n) is 5.73. The number of nitrogens with zero attached hydrogens (tertiary/aromatic N) is 2. The van der Waals surface area contributed by atoms with Crippen LogP contribution in [0, 0.1) is 13.8 Å². The maximum atomic E-state index is 12.5. The Hall–Kier alpha value is -2.40. The van der Waals surface area contributed by atoms with E-state index in [4.69, 9.17) is 4.74 Å². The summed E-state index contributed by atoms with van der Waals surface area (Å²) in [6.45, 7) is 6.55. The van der Waals surface area contributed by atoms with Gasteiger partial charge in [-0.3, -0.25) is 9.78 Å². The summed E-state index contributed by atoms with van der Waals surface area (Å²) < 4.78 is 5.29. The van der Waals surface area contributed by atoms with Crippen molar-refractivity contribution in [3.63, 3.8) is 0 Å². The first-order valence-corrected chi connectivity index (χ1v) is 7.81. The molecule has 1 saturated heterocycles. The zero-order valence-corrected chi connectivity index (χ0v) is 13.5. The number of hydrogen-bond acceptors (Lipinski definition) is 4. The van der Waals surface area contributed by atoms with Crippen molar-refractivity contribution in [2.75, 3.05) is 31.6 Å². The highest BCUT2D eigenvalue weighted by Gasteiger charge is 2.19. The molecule has 0 aliphatic carbocycles. The number of aryl methyl sites for hydroxylation is 2. The fourth-order valence-electron chi connectivity index (χ4n) is 2.71. The second kappa shape index (κ2) is 6.79. The van der Waals surface area contributed by atoms with Crippen LogP contribution in [0.4, 0.5) is 11.4 Å². The molecule has 5 nitrogen and oxygen atoms in total. The molecule has 0 atom stereocenters. The van der Waals surface area contributed by atoms with Gasteiger partial charge in [0.25, 0.3) is 5.91 Å². The van der Waals surface area contributed by atoms with Gasteiger partial charge in [0, 0.05) is 30.7 Å². The zero-order valence-electron chi connectivity index (χ0n) is 13.5. The predicted octanol–water partition coefficient (Wildman–Crippen LogP) is 2.91. The lowest BCUT2D eigenvalue weighted by Gasteiger charge is -2.26. The van der Waals surface area contributed by atoms with Crippen molar-refractivity contribution in [1.82, 2.24) is 9.88 Å². The number of carbonyl (C=O) groups excluding carboxylic acids is 1. The fourth-order valence-corrected chi connectivity index (χ4v) is 2.71. The molecule has 1 aliphatic rings. The van der Waals surface area contributed by atoms with Gasteiger partial charge in [-0.1, -0.05) is 18.2 Å². The van der Waals surface area contributed by atoms with Gasteiger partial charge in [0.05, 0.1) is 13.2 Å². The summed E-state index contributed by atoms with van der Waals surface area (Å²) in [4.78, 5) is 18.5. The van der Waals surface area contributed by atoms with Crippen LogP contribution in [0.25, 0.3) is 0 Å². The SMILES string of the molecule is Cc1cccc(C)c1Nc1ccnc(C(=O)N2CCOCC2)c1. The molecule has 1 amide bonds. The second-order valence-corrected chi connectivity index (χ2v) is 5.73. The highest BCUT2D eigenvalue weighted by atomic mass is 16.5. The standard InChI is InChI=1S/C18H21N3O2/c1-13-4-3-5-14(2)17(13)20-15-6-7-19-16(12-15)18(22)21-8-10-23-11-9-21/h3-7,12H,8-11H2,1-2H3,(H,19,20). The Bertz CT molecular complexity index is 689. The minimum absolute atomic E-state index is 0.0431. The minimum atomic E-state index is -0.0431. The average molecular weight is 311 g/mol. The molecular formula is C18H21N3O2. The summed E-state index contributed by atoms with van der Waals surface area (Å²) >= 11 is 0. The highest BCUT2D eigenvalue weighted by molar-refractivity contribution is 5.93. The fraction of sp³-hybridized carbons (Fsp3) is 0.333. The van der Waals surface area contributed by atoms with Crippen LogP contribution in [0.2, 0.25) is 0 Å². The Morgan fingerprint density at radius 2 is 1.87 bits per heavy atom. The van der Waals surface area contributed by atoms with Gasteiger partial charge in [0.1, 0.15) is 5.69 Å². The zero-order chi connectivity index (χ0) is 16.2. The topological polar surface area (TPSA) is 54.5 Å². The lowest BCUT2D eigenvalue weighted by molar-refractivity contribution is 0.0299. The van der Waals surface area contributed by atoms with Crippen LogP contribution in [0.3, 0.4) is 0 Å². The Kier molecular flexibility index (Phi) is 4.57. The third kappa shape index (κ3) is 3.51. The van der Waals surface area contributed by atoms with Crippen molar-refractivity contribution in [3.8, 4) is 0 Å². The Balaban J connectivity index is 1.81. The van der Waals surface area contributed by atoms with Crippen molar-refractivity contribution < 1.29 is 9.53 Å². The van der Waals surface area contributed by atoms with E-state index in [9.17, 15) is 4.79 Å². The van der Waals surface area contributed by atoms with Crippen LogP contribution in [-0.4, -0.2) is 42.1 Å². The van der Waals surface area contributed by atoms with Gasteiger partial charge in [-0.05, 0) is 37.1 Å². The molecule has 1 aromatic carbocycles. The number of hydrogen-bond donors (Lipinski definition) is 1. The third-order valence-electron chi connectivity index (χ3n) is 4.03. The quantitative estimate of drug-likeness (QED) is 0.947. The molecule has 0 spiro atoms. The summed E-state index contributed by atoms with van der Waals surface area (Å²) in [5.74, 6) is -0.0431. The van der Waals surface area contributed by atoms with E-state index in [0.717, 1.165) is 11.4 Å². The Morgan fingerprint density at radius 3 is 2.57 bits per heavy atom. The predicted molar refractivity (Wildman–Crippen MR) is 90.2 cm³/mol. The number of ether oxygens (including phenoxy) is 1. The van der Waals surface area contributed by atoms with Crippen LogP contribution in [-0.2, 0) is 4.74 Å². The molecule has 1 N–H and O–H groups in total. The van der Waals surface area contributed by atoms with Crippen molar-refractivity contribution in [1.29, 1.82) is 0 Å². The average Bonchev–Trinajstić information content (AvgIpc) is 2.59. The maximum Gasteiger partial charge on any atom is 0.272 e. The van der Waals surface area contributed by atoms with E-state index in [-0.39, 0.29) is 5.91 Å². The molecule has 1 aliphatic heterocycles. The third-order valence-corrected chi connectivity index (χ3v) is 4.03. The van der Waals surface area contributed by atoms with E-state index < -0.39 is 0 Å². The van der Waals surface area contributed by atoms with Crippen LogP contribution in [0.15, 0.2) is 36.5 Å². The molecule has 0 unspecified atom stereocenters. The molecule has 2 aromatic rings. The van der Waals surface area contributed by atoms with E-state index >= 15 is 0 Å². The van der Waals surface area contributed by atoms with Gasteiger partial charge in [-0.25, -0.2) is 0 Å². The molecule has 3 rings (SSSR count). The summed E-state index contributed by atoms with van der Waals surface area (Å²) in [5.41, 5.74) is 4.74. The largest absolute Gasteiger partial charge is 0.378 e. The summed E-state index contributed by atoms with van der Waals surface area (Å²) in [6, 6.07) is 9.86. The van der Waals surface area contributed by atoms with Gasteiger partial charge < -0.3 is 15.0 Å². The Labute approximate surface area is 136 Å². The van der Waals surface area contributed by atoms with Gasteiger partial charge in [0.15, 0.2) is 0 Å². The molecule has 120 valence electrons. The smallest absolute Gasteiger partial charge is 0.272 e. The summed E-state index contributed by atoms with van der Waals surface area (Å²) in [7, 11) is 0. The molecule has 1 fully saturated rings. The van der Waals surface area contributed by atoms with E-state index in [1.165, 1.54) is 11.1 Å². The number of morpholine rings is 1. The van der Waals surface area contributed by atoms with Gasteiger partial charge in [-0.15, -0.1) is 0 Å². The maximum absolute atomic E-state index is 12.5. The normalized spacial score (nSPS) is 14.6. The number of pyridine rings is 1. The lowest BCUT2D eigenvalue weighted by atomic mass is 10.1. The molecule has 2 heterocycles. The number of aromatic nitrogens is 1. The number of rotatable bonds is 3. The summed E-state index contributed by atoms with van der Waals surface area (Å²) in [6.07, 6.45) is 1.67. The number of amides is 1. The van der Waals surface area contributed by atoms with Crippen molar-refractivity contribution in [3.05, 3.63) is 53.3 Å². The van der Waals surface area contributed by atoms with Crippen molar-refractivity contribution >= 4 is 17.3 Å². The number of carbonyl (C=O) groups is 1. The first-order chi connectivity index (χ1) is 11.1.